The zero-order valence-electron chi connectivity index (χ0n) is 15.2. The van der Waals surface area contributed by atoms with Crippen molar-refractivity contribution in [3.8, 4) is 0 Å². The highest BCUT2D eigenvalue weighted by Gasteiger charge is 2.30. The SMILES string of the molecule is Cc1cc(N)ccc1[N+](=O)[O-].Cc1cc(N2C(=O)CCC2=O)ccc1[N+](=O)[O-]. The van der Waals surface area contributed by atoms with Gasteiger partial charge in [0.15, 0.2) is 0 Å². The quantitative estimate of drug-likeness (QED) is 0.368. The summed E-state index contributed by atoms with van der Waals surface area (Å²) >= 11 is 0. The molecular weight excluding hydrogens is 368 g/mol. The molecule has 0 radical (unpaired) electrons. The van der Waals surface area contributed by atoms with Crippen LogP contribution < -0.4 is 10.6 Å². The highest BCUT2D eigenvalue weighted by molar-refractivity contribution is 6.19. The standard InChI is InChI=1S/C11H10N2O4.C7H8N2O2/c1-7-6-8(2-3-9(7)13(16)17)12-10(14)4-5-11(12)15;1-5-4-6(8)2-3-7(5)9(10)11/h2-3,6H,4-5H2,1H3;2-4H,8H2,1H3. The Hall–Kier alpha value is -3.82. The Morgan fingerprint density at radius 1 is 0.857 bits per heavy atom. The van der Waals surface area contributed by atoms with E-state index in [4.69, 9.17) is 5.73 Å². The first kappa shape index (κ1) is 20.5. The maximum Gasteiger partial charge on any atom is 0.272 e. The molecule has 0 saturated carbocycles. The van der Waals surface area contributed by atoms with E-state index in [1.807, 2.05) is 0 Å². The van der Waals surface area contributed by atoms with Gasteiger partial charge in [-0.1, -0.05) is 0 Å². The molecule has 2 aromatic rings. The summed E-state index contributed by atoms with van der Waals surface area (Å²) in [4.78, 5) is 44.1. The third-order valence-corrected chi connectivity index (χ3v) is 4.10. The first-order chi connectivity index (χ1) is 13.1. The topological polar surface area (TPSA) is 150 Å². The molecule has 0 aromatic heterocycles. The number of rotatable bonds is 3. The third kappa shape index (κ3) is 4.47. The molecule has 0 bridgehead atoms. The maximum atomic E-state index is 11.5. The van der Waals surface area contributed by atoms with Crippen molar-refractivity contribution in [2.75, 3.05) is 10.6 Å². The fourth-order valence-electron chi connectivity index (χ4n) is 2.73. The van der Waals surface area contributed by atoms with Crippen LogP contribution in [0, 0.1) is 34.1 Å². The van der Waals surface area contributed by atoms with Gasteiger partial charge in [-0.25, -0.2) is 0 Å². The van der Waals surface area contributed by atoms with Crippen molar-refractivity contribution < 1.29 is 19.4 Å². The molecule has 1 aliphatic heterocycles. The Labute approximate surface area is 159 Å². The second-order valence-electron chi connectivity index (χ2n) is 6.15. The smallest absolute Gasteiger partial charge is 0.272 e. The zero-order valence-corrected chi connectivity index (χ0v) is 15.2. The Bertz CT molecular complexity index is 957. The highest BCUT2D eigenvalue weighted by Crippen LogP contribution is 2.27. The summed E-state index contributed by atoms with van der Waals surface area (Å²) in [6.07, 6.45) is 0.406. The number of benzene rings is 2. The summed E-state index contributed by atoms with van der Waals surface area (Å²) in [5.74, 6) is -0.522. The monoisotopic (exact) mass is 386 g/mol. The van der Waals surface area contributed by atoms with Gasteiger partial charge in [-0.15, -0.1) is 0 Å². The number of nitrogens with two attached hydrogens (primary N) is 1. The average molecular weight is 386 g/mol. The first-order valence-electron chi connectivity index (χ1n) is 8.23. The molecule has 2 N–H and O–H groups in total. The van der Waals surface area contributed by atoms with Crippen LogP contribution in [0.15, 0.2) is 36.4 Å². The minimum Gasteiger partial charge on any atom is -0.399 e. The number of anilines is 2. The van der Waals surface area contributed by atoms with Gasteiger partial charge >= 0.3 is 0 Å². The van der Waals surface area contributed by atoms with Crippen molar-refractivity contribution in [2.24, 2.45) is 0 Å². The van der Waals surface area contributed by atoms with Gasteiger partial charge in [0.05, 0.1) is 15.5 Å². The minimum atomic E-state index is -0.493. The molecule has 2 aromatic carbocycles. The molecule has 146 valence electrons. The number of aryl methyl sites for hydroxylation is 2. The number of nitro groups is 2. The van der Waals surface area contributed by atoms with Crippen LogP contribution in [0.2, 0.25) is 0 Å². The van der Waals surface area contributed by atoms with Gasteiger partial charge in [0.1, 0.15) is 0 Å². The summed E-state index contributed by atoms with van der Waals surface area (Å²) in [7, 11) is 0. The van der Waals surface area contributed by atoms with E-state index in [-0.39, 0.29) is 36.0 Å². The Balaban J connectivity index is 0.000000221. The lowest BCUT2D eigenvalue weighted by Crippen LogP contribution is -2.28. The van der Waals surface area contributed by atoms with Crippen molar-refractivity contribution in [1.82, 2.24) is 0 Å². The van der Waals surface area contributed by atoms with Crippen LogP contribution in [0.3, 0.4) is 0 Å². The van der Waals surface area contributed by atoms with Gasteiger partial charge in [-0.3, -0.25) is 34.7 Å². The van der Waals surface area contributed by atoms with Crippen LogP contribution in [-0.2, 0) is 9.59 Å². The van der Waals surface area contributed by atoms with Crippen molar-refractivity contribution in [3.63, 3.8) is 0 Å². The van der Waals surface area contributed by atoms with Gasteiger partial charge in [-0.2, -0.15) is 0 Å². The van der Waals surface area contributed by atoms with E-state index in [1.165, 1.54) is 30.3 Å². The summed E-state index contributed by atoms with van der Waals surface area (Å²) in [5, 5.41) is 20.9. The van der Waals surface area contributed by atoms with Gasteiger partial charge < -0.3 is 5.73 Å². The van der Waals surface area contributed by atoms with Crippen LogP contribution in [0.5, 0.6) is 0 Å². The minimum absolute atomic E-state index is 0.0205. The first-order valence-corrected chi connectivity index (χ1v) is 8.23. The maximum absolute atomic E-state index is 11.5. The lowest BCUT2D eigenvalue weighted by molar-refractivity contribution is -0.385. The summed E-state index contributed by atoms with van der Waals surface area (Å²) in [5.41, 5.74) is 7.47. The molecule has 28 heavy (non-hydrogen) atoms. The van der Waals surface area contributed by atoms with Crippen LogP contribution >= 0.6 is 0 Å². The summed E-state index contributed by atoms with van der Waals surface area (Å²) in [6.45, 7) is 3.24. The lowest BCUT2D eigenvalue weighted by Gasteiger charge is -2.14. The largest absolute Gasteiger partial charge is 0.399 e. The Morgan fingerprint density at radius 3 is 1.75 bits per heavy atom. The van der Waals surface area contributed by atoms with Crippen LogP contribution in [0.1, 0.15) is 24.0 Å². The van der Waals surface area contributed by atoms with Crippen LogP contribution in [-0.4, -0.2) is 21.7 Å². The molecule has 2 amide bonds. The number of nitrogens with zero attached hydrogens (tertiary/aromatic N) is 3. The van der Waals surface area contributed by atoms with Gasteiger partial charge in [-0.05, 0) is 38.1 Å². The molecule has 10 nitrogen and oxygen atoms in total. The van der Waals surface area contributed by atoms with Gasteiger partial charge in [0.25, 0.3) is 11.4 Å². The fourth-order valence-corrected chi connectivity index (χ4v) is 2.73. The highest BCUT2D eigenvalue weighted by atomic mass is 16.6. The van der Waals surface area contributed by atoms with Gasteiger partial charge in [0.2, 0.25) is 11.8 Å². The molecule has 1 aliphatic rings. The molecule has 0 atom stereocenters. The van der Waals surface area contributed by atoms with E-state index in [0.717, 1.165) is 4.90 Å². The summed E-state index contributed by atoms with van der Waals surface area (Å²) < 4.78 is 0. The van der Waals surface area contributed by atoms with E-state index < -0.39 is 9.85 Å². The van der Waals surface area contributed by atoms with E-state index in [2.05, 4.69) is 0 Å². The van der Waals surface area contributed by atoms with E-state index in [1.54, 1.807) is 19.9 Å². The van der Waals surface area contributed by atoms with Crippen LogP contribution in [0.25, 0.3) is 0 Å². The normalized spacial score (nSPS) is 13.1. The zero-order chi connectivity index (χ0) is 21.0. The third-order valence-electron chi connectivity index (χ3n) is 4.10. The van der Waals surface area contributed by atoms with E-state index >= 15 is 0 Å². The molecular formula is C18H18N4O6. The second-order valence-corrected chi connectivity index (χ2v) is 6.15. The number of hydrogen-bond acceptors (Lipinski definition) is 7. The number of amides is 2. The number of carbonyl (C=O) groups is 2. The van der Waals surface area contributed by atoms with Gasteiger partial charge in [0, 0.05) is 41.8 Å². The molecule has 1 saturated heterocycles. The average Bonchev–Trinajstić information content (AvgIpc) is 2.93. The number of hydrogen-bond donors (Lipinski definition) is 1. The Kier molecular flexibility index (Phi) is 6.04. The number of nitrogen functional groups attached to an aromatic ring is 1. The molecule has 1 fully saturated rings. The molecule has 1 heterocycles. The Morgan fingerprint density at radius 2 is 1.32 bits per heavy atom. The number of nitro benzene ring substituents is 2. The van der Waals surface area contributed by atoms with Crippen molar-refractivity contribution in [2.45, 2.75) is 26.7 Å². The predicted molar refractivity (Wildman–Crippen MR) is 102 cm³/mol. The molecule has 3 rings (SSSR count). The predicted octanol–water partition coefficient (Wildman–Crippen LogP) is 3.04. The number of imide groups is 1. The number of carbonyl (C=O) groups excluding carboxylic acids is 2. The summed E-state index contributed by atoms with van der Waals surface area (Å²) in [6, 6.07) is 8.73. The lowest BCUT2D eigenvalue weighted by atomic mass is 10.1. The van der Waals surface area contributed by atoms with Crippen LogP contribution in [0.4, 0.5) is 22.7 Å². The van der Waals surface area contributed by atoms with Crippen molar-refractivity contribution in [3.05, 3.63) is 67.8 Å². The molecule has 10 heteroatoms. The van der Waals surface area contributed by atoms with Crippen molar-refractivity contribution in [1.29, 1.82) is 0 Å². The molecule has 0 aliphatic carbocycles. The van der Waals surface area contributed by atoms with Crippen molar-refractivity contribution >= 4 is 34.6 Å². The van der Waals surface area contributed by atoms with E-state index in [9.17, 15) is 29.8 Å². The second kappa shape index (κ2) is 8.25. The fraction of sp³-hybridized carbons (Fsp3) is 0.222. The molecule has 0 spiro atoms. The molecule has 0 unspecified atom stereocenters. The van der Waals surface area contributed by atoms with E-state index in [0.29, 0.717) is 22.5 Å².